The minimum absolute atomic E-state index is 0.140. The van der Waals surface area contributed by atoms with E-state index in [1.54, 1.807) is 0 Å². The van der Waals surface area contributed by atoms with Crippen LogP contribution in [0.15, 0.2) is 122 Å². The molecule has 9 nitrogen and oxygen atoms in total. The van der Waals surface area contributed by atoms with Crippen LogP contribution in [0.4, 0.5) is 0 Å². The highest BCUT2D eigenvalue weighted by Crippen LogP contribution is 2.19. The molecule has 0 aromatic carbocycles. The fourth-order valence-electron chi connectivity index (χ4n) is 11.5. The number of allylic oxidation sites excluding steroid dienone is 20. The highest BCUT2D eigenvalue weighted by molar-refractivity contribution is 5.70. The minimum atomic E-state index is -1.63. The van der Waals surface area contributed by atoms with Crippen molar-refractivity contribution in [3.63, 3.8) is 0 Å². The molecule has 0 rings (SSSR count). The Morgan fingerprint density at radius 1 is 0.320 bits per heavy atom. The predicted octanol–water partition coefficient (Wildman–Crippen LogP) is 24.9. The third-order valence-electron chi connectivity index (χ3n) is 17.7. The molecule has 0 aromatic rings. The molecule has 0 aromatic heterocycles. The van der Waals surface area contributed by atoms with E-state index in [4.69, 9.17) is 18.9 Å². The third kappa shape index (κ3) is 78.9. The molecule has 0 spiro atoms. The lowest BCUT2D eigenvalue weighted by Gasteiger charge is -2.26. The molecule has 0 aliphatic heterocycles. The van der Waals surface area contributed by atoms with E-state index < -0.39 is 24.3 Å². The molecule has 0 bridgehead atoms. The van der Waals surface area contributed by atoms with Crippen molar-refractivity contribution in [1.29, 1.82) is 0 Å². The van der Waals surface area contributed by atoms with Gasteiger partial charge in [-0.3, -0.25) is 9.59 Å². The van der Waals surface area contributed by atoms with Crippen molar-refractivity contribution >= 4 is 17.9 Å². The van der Waals surface area contributed by atoms with Gasteiger partial charge in [0.05, 0.1) is 40.3 Å². The second-order valence-corrected chi connectivity index (χ2v) is 28.3. The van der Waals surface area contributed by atoms with Gasteiger partial charge in [0.2, 0.25) is 0 Å². The first kappa shape index (κ1) is 92.7. The molecule has 0 radical (unpaired) electrons. The van der Waals surface area contributed by atoms with E-state index in [1.807, 2.05) is 21.1 Å². The lowest BCUT2D eigenvalue weighted by Crippen LogP contribution is -2.44. The zero-order chi connectivity index (χ0) is 70.4. The van der Waals surface area contributed by atoms with Gasteiger partial charge in [-0.2, -0.15) is 0 Å². The van der Waals surface area contributed by atoms with E-state index >= 15 is 0 Å². The molecular weight excluding hydrogens is 1200 g/mol. The topological polar surface area (TPSA) is 111 Å². The van der Waals surface area contributed by atoms with Crippen LogP contribution in [0, 0.1) is 0 Å². The lowest BCUT2D eigenvalue weighted by molar-refractivity contribution is -0.870. The van der Waals surface area contributed by atoms with Gasteiger partial charge in [-0.1, -0.05) is 360 Å². The van der Waals surface area contributed by atoms with Crippen LogP contribution >= 0.6 is 0 Å². The van der Waals surface area contributed by atoms with Crippen LogP contribution < -0.4 is 5.11 Å². The quantitative estimate of drug-likeness (QED) is 0.0195. The van der Waals surface area contributed by atoms with E-state index in [2.05, 4.69) is 135 Å². The van der Waals surface area contributed by atoms with Gasteiger partial charge >= 0.3 is 11.9 Å². The molecule has 0 saturated heterocycles. The molecule has 2 unspecified atom stereocenters. The van der Waals surface area contributed by atoms with Crippen LogP contribution in [0.1, 0.15) is 361 Å². The van der Waals surface area contributed by atoms with Gasteiger partial charge in [-0.15, -0.1) is 0 Å². The molecule has 0 fully saturated rings. The number of hydrogen-bond donors (Lipinski definition) is 0. The Morgan fingerprint density at radius 3 is 0.876 bits per heavy atom. The molecule has 2 atom stereocenters. The van der Waals surface area contributed by atoms with E-state index in [1.165, 1.54) is 212 Å². The molecular formula is C88H153NO8. The summed E-state index contributed by atoms with van der Waals surface area (Å²) in [5.41, 5.74) is 0. The number of quaternary nitrogens is 1. The Hall–Kier alpha value is -4.31. The van der Waals surface area contributed by atoms with Crippen LogP contribution in [-0.2, 0) is 33.3 Å². The number of likely N-dealkylation sites (N-methyl/N-ethyl adjacent to an activating group) is 1. The second-order valence-electron chi connectivity index (χ2n) is 28.3. The fraction of sp³-hybridized carbons (Fsp3) is 0.739. The summed E-state index contributed by atoms with van der Waals surface area (Å²) in [5, 5.41) is 11.9. The Labute approximate surface area is 599 Å². The van der Waals surface area contributed by atoms with Crippen LogP contribution in [0.5, 0.6) is 0 Å². The van der Waals surface area contributed by atoms with E-state index in [0.29, 0.717) is 17.4 Å². The van der Waals surface area contributed by atoms with Crippen molar-refractivity contribution in [1.82, 2.24) is 0 Å². The maximum atomic E-state index is 13.0. The van der Waals surface area contributed by atoms with Crippen molar-refractivity contribution < 1.29 is 42.9 Å². The largest absolute Gasteiger partial charge is 0.545 e. The molecule has 0 N–H and O–H groups in total. The van der Waals surface area contributed by atoms with Crippen molar-refractivity contribution in [3.05, 3.63) is 122 Å². The summed E-state index contributed by atoms with van der Waals surface area (Å²) in [6, 6.07) is 0. The molecule has 0 amide bonds. The van der Waals surface area contributed by atoms with Crippen LogP contribution in [0.2, 0.25) is 0 Å². The zero-order valence-electron chi connectivity index (χ0n) is 63.9. The monoisotopic (exact) mass is 1350 g/mol. The molecule has 0 aliphatic carbocycles. The number of aliphatic carboxylic acids is 1. The zero-order valence-corrected chi connectivity index (χ0v) is 63.9. The third-order valence-corrected chi connectivity index (χ3v) is 17.7. The van der Waals surface area contributed by atoms with Gasteiger partial charge in [0.15, 0.2) is 12.4 Å². The highest BCUT2D eigenvalue weighted by Gasteiger charge is 2.22. The number of carbonyl (C=O) groups excluding carboxylic acids is 3. The van der Waals surface area contributed by atoms with Crippen molar-refractivity contribution in [3.8, 4) is 0 Å². The minimum Gasteiger partial charge on any atom is -0.545 e. The van der Waals surface area contributed by atoms with E-state index in [9.17, 15) is 19.5 Å². The Kier molecular flexibility index (Phi) is 74.0. The van der Waals surface area contributed by atoms with Gasteiger partial charge in [-0.05, 0) is 109 Å². The Bertz CT molecular complexity index is 2020. The molecule has 9 heteroatoms. The number of carbonyl (C=O) groups is 3. The van der Waals surface area contributed by atoms with E-state index in [0.717, 1.165) is 116 Å². The first-order valence-electron chi connectivity index (χ1n) is 40.7. The van der Waals surface area contributed by atoms with Crippen LogP contribution in [0.25, 0.3) is 0 Å². The second kappa shape index (κ2) is 77.4. The van der Waals surface area contributed by atoms with Crippen LogP contribution in [-0.4, -0.2) is 82.3 Å². The summed E-state index contributed by atoms with van der Waals surface area (Å²) < 4.78 is 22.8. The number of nitrogens with zero attached hydrogens (tertiary/aromatic N) is 1. The average Bonchev–Trinajstić information content (AvgIpc) is 2.39. The SMILES string of the molecule is CC/C=C\C/C=C\C/C=C\C/C=C\C/C=C\C/C=C\C/C=C\C/C=C\CCCCCCCCC(=O)OC(COC(=O)CCCCCCCCCCCCCCCCCCCCCCCCCCCCCCC/C=C\C/C=C\CCCCCCC)COC(OCC[N+](C)(C)C)C(=O)[O-]. The number of unbranched alkanes of at least 4 members (excludes halogenated alkanes) is 40. The van der Waals surface area contributed by atoms with Gasteiger partial charge in [-0.25, -0.2) is 0 Å². The normalized spacial score (nSPS) is 13.3. The number of esters is 2. The van der Waals surface area contributed by atoms with Gasteiger partial charge in [0, 0.05) is 12.8 Å². The maximum absolute atomic E-state index is 13.0. The van der Waals surface area contributed by atoms with Gasteiger partial charge in [0.25, 0.3) is 0 Å². The van der Waals surface area contributed by atoms with Crippen LogP contribution in [0.3, 0.4) is 0 Å². The first-order chi connectivity index (χ1) is 47.6. The van der Waals surface area contributed by atoms with Crippen molar-refractivity contribution in [2.24, 2.45) is 0 Å². The summed E-state index contributed by atoms with van der Waals surface area (Å²) in [4.78, 5) is 37.6. The van der Waals surface area contributed by atoms with Gasteiger partial charge in [0.1, 0.15) is 13.2 Å². The molecule has 0 aliphatic rings. The summed E-state index contributed by atoms with van der Waals surface area (Å²) >= 11 is 0. The number of rotatable bonds is 75. The predicted molar refractivity (Wildman–Crippen MR) is 417 cm³/mol. The van der Waals surface area contributed by atoms with Gasteiger partial charge < -0.3 is 33.3 Å². The van der Waals surface area contributed by atoms with Crippen molar-refractivity contribution in [2.75, 3.05) is 47.5 Å². The fourth-order valence-corrected chi connectivity index (χ4v) is 11.5. The summed E-state index contributed by atoms with van der Waals surface area (Å²) in [7, 11) is 5.93. The Balaban J connectivity index is 4.02. The molecule has 558 valence electrons. The number of hydrogen-bond acceptors (Lipinski definition) is 8. The highest BCUT2D eigenvalue weighted by atomic mass is 16.7. The Morgan fingerprint density at radius 2 is 0.588 bits per heavy atom. The number of ether oxygens (including phenoxy) is 4. The smallest absolute Gasteiger partial charge is 0.306 e. The standard InChI is InChI=1S/C88H153NO8/c1-6-8-10-12-14-16-18-20-22-24-26-28-30-32-34-36-38-39-40-41-42-43-44-45-46-47-49-50-52-54-56-58-60-62-64-66-68-70-72-74-76-78-85(90)95-82-84(83-96-88(87(92)93)94-81-80-89(3,4)5)97-86(91)79-77-75-73-71-69-67-65-63-61-59-57-55-53-51-48-37-35-33-31-29-27-25-23-21-19-17-15-13-11-9-7-2/h9,11,15,17-18,20-21,23-24,26-27,29,33,35,48,51,55,57,61,63,84,88H,6-8,10,12-14,16,19,22,25,28,30-32,34,36-47,49-50,52-54,56,58-60,62,64-83H2,1-5H3/b11-9-,17-15-,20-18-,23-21-,26-24-,29-27-,35-33-,51-48-,57-55-,63-61-. The number of carboxylic acid groups (broad SMARTS) is 1. The number of carboxylic acids is 1. The maximum Gasteiger partial charge on any atom is 0.306 e. The molecule has 97 heavy (non-hydrogen) atoms. The molecule has 0 heterocycles. The average molecular weight is 1350 g/mol. The summed E-state index contributed by atoms with van der Waals surface area (Å²) in [5.74, 6) is -2.30. The first-order valence-corrected chi connectivity index (χ1v) is 40.7. The summed E-state index contributed by atoms with van der Waals surface area (Å²) in [6.07, 6.45) is 108. The lowest BCUT2D eigenvalue weighted by atomic mass is 10.0. The van der Waals surface area contributed by atoms with E-state index in [-0.39, 0.29) is 38.6 Å². The summed E-state index contributed by atoms with van der Waals surface area (Å²) in [6.45, 7) is 4.64. The van der Waals surface area contributed by atoms with Crippen molar-refractivity contribution in [2.45, 2.75) is 373 Å². The molecule has 0 saturated carbocycles.